The Morgan fingerprint density at radius 1 is 1.55 bits per heavy atom. The Balaban J connectivity index is 1.85. The highest BCUT2D eigenvalue weighted by molar-refractivity contribution is 5.77. The molecule has 1 aliphatic rings. The average molecular weight is 296 g/mol. The van der Waals surface area contributed by atoms with Gasteiger partial charge in [-0.05, 0) is 18.6 Å². The van der Waals surface area contributed by atoms with Gasteiger partial charge in [-0.15, -0.1) is 0 Å². The van der Waals surface area contributed by atoms with E-state index in [2.05, 4.69) is 20.6 Å². The van der Waals surface area contributed by atoms with Crippen LogP contribution in [-0.4, -0.2) is 26.5 Å². The molecule has 2 atom stereocenters. The molecule has 1 aliphatic heterocycles. The van der Waals surface area contributed by atoms with Crippen LogP contribution >= 0.6 is 0 Å². The van der Waals surface area contributed by atoms with Crippen molar-refractivity contribution in [3.05, 3.63) is 42.2 Å². The number of nitrogens with one attached hydrogen (secondary N) is 2. The van der Waals surface area contributed by atoms with Gasteiger partial charge in [-0.1, -0.05) is 0 Å². The molecule has 0 spiro atoms. The molecule has 2 N–H and O–H groups in total. The fourth-order valence-electron chi connectivity index (χ4n) is 2.70. The molecular formula is C15H16N6O. The number of piperidine rings is 1. The second-order valence-corrected chi connectivity index (χ2v) is 5.31. The standard InChI is InChI=1S/C15H16N6O/c1-21-9-17-8-13(21)15-12(2-3-14(22)20-15)19-10-4-5-18-11(6-10)7-16/h4-6,8-9,12,15H,2-3H2,1H3,(H,18,19)(H,20,22)/t12-,15-/m1/s1. The van der Waals surface area contributed by atoms with Crippen molar-refractivity contribution in [2.45, 2.75) is 24.9 Å². The van der Waals surface area contributed by atoms with Crippen LogP contribution in [0.4, 0.5) is 5.69 Å². The summed E-state index contributed by atoms with van der Waals surface area (Å²) >= 11 is 0. The minimum absolute atomic E-state index is 0.0297. The maximum atomic E-state index is 11.8. The van der Waals surface area contributed by atoms with Gasteiger partial charge in [-0.2, -0.15) is 5.26 Å². The number of imidazole rings is 1. The number of hydrogen-bond donors (Lipinski definition) is 2. The van der Waals surface area contributed by atoms with Crippen LogP contribution in [0.5, 0.6) is 0 Å². The van der Waals surface area contributed by atoms with Crippen LogP contribution < -0.4 is 10.6 Å². The molecule has 0 bridgehead atoms. The minimum Gasteiger partial charge on any atom is -0.380 e. The predicted molar refractivity (Wildman–Crippen MR) is 79.7 cm³/mol. The zero-order valence-electron chi connectivity index (χ0n) is 12.2. The van der Waals surface area contributed by atoms with Gasteiger partial charge in [0.25, 0.3) is 0 Å². The third-order valence-electron chi connectivity index (χ3n) is 3.80. The lowest BCUT2D eigenvalue weighted by Crippen LogP contribution is -2.45. The van der Waals surface area contributed by atoms with Gasteiger partial charge in [0.15, 0.2) is 0 Å². The molecular weight excluding hydrogens is 280 g/mol. The Labute approximate surface area is 128 Å². The molecule has 0 aliphatic carbocycles. The number of carbonyl (C=O) groups excluding carboxylic acids is 1. The first-order valence-electron chi connectivity index (χ1n) is 7.05. The summed E-state index contributed by atoms with van der Waals surface area (Å²) in [5, 5.41) is 15.3. The summed E-state index contributed by atoms with van der Waals surface area (Å²) in [4.78, 5) is 19.8. The van der Waals surface area contributed by atoms with Gasteiger partial charge in [-0.25, -0.2) is 9.97 Å². The molecule has 7 heteroatoms. The minimum atomic E-state index is -0.160. The summed E-state index contributed by atoms with van der Waals surface area (Å²) in [7, 11) is 1.90. The second kappa shape index (κ2) is 5.85. The van der Waals surface area contributed by atoms with Crippen molar-refractivity contribution < 1.29 is 4.79 Å². The van der Waals surface area contributed by atoms with Crippen LogP contribution in [0.3, 0.4) is 0 Å². The Morgan fingerprint density at radius 2 is 2.41 bits per heavy atom. The number of aryl methyl sites for hydroxylation is 1. The molecule has 0 radical (unpaired) electrons. The van der Waals surface area contributed by atoms with E-state index in [0.717, 1.165) is 11.4 Å². The molecule has 7 nitrogen and oxygen atoms in total. The molecule has 112 valence electrons. The maximum absolute atomic E-state index is 11.8. The van der Waals surface area contributed by atoms with Gasteiger partial charge in [0.2, 0.25) is 5.91 Å². The molecule has 0 aromatic carbocycles. The number of nitriles is 1. The number of carbonyl (C=O) groups is 1. The number of pyridine rings is 1. The molecule has 0 saturated carbocycles. The number of hydrogen-bond acceptors (Lipinski definition) is 5. The van der Waals surface area contributed by atoms with Crippen molar-refractivity contribution in [1.29, 1.82) is 5.26 Å². The molecule has 22 heavy (non-hydrogen) atoms. The lowest BCUT2D eigenvalue weighted by Gasteiger charge is -2.33. The first-order chi connectivity index (χ1) is 10.7. The van der Waals surface area contributed by atoms with E-state index in [1.54, 1.807) is 24.8 Å². The number of rotatable bonds is 3. The van der Waals surface area contributed by atoms with Crippen LogP contribution in [0.1, 0.15) is 30.3 Å². The average Bonchev–Trinajstić information content (AvgIpc) is 2.95. The van der Waals surface area contributed by atoms with Gasteiger partial charge >= 0.3 is 0 Å². The Bertz CT molecular complexity index is 732. The molecule has 1 saturated heterocycles. The second-order valence-electron chi connectivity index (χ2n) is 5.31. The third kappa shape index (κ3) is 2.76. The Kier molecular flexibility index (Phi) is 3.74. The zero-order valence-corrected chi connectivity index (χ0v) is 12.2. The van der Waals surface area contributed by atoms with Crippen molar-refractivity contribution in [1.82, 2.24) is 19.9 Å². The van der Waals surface area contributed by atoms with Gasteiger partial charge in [-0.3, -0.25) is 4.79 Å². The molecule has 2 aromatic heterocycles. The summed E-state index contributed by atoms with van der Waals surface area (Å²) < 4.78 is 1.90. The van der Waals surface area contributed by atoms with Crippen LogP contribution in [0.25, 0.3) is 0 Å². The smallest absolute Gasteiger partial charge is 0.220 e. The third-order valence-corrected chi connectivity index (χ3v) is 3.80. The first kappa shape index (κ1) is 14.1. The van der Waals surface area contributed by atoms with Gasteiger partial charge in [0.1, 0.15) is 11.8 Å². The molecule has 0 unspecified atom stereocenters. The first-order valence-corrected chi connectivity index (χ1v) is 7.05. The Hall–Kier alpha value is -2.88. The topological polar surface area (TPSA) is 95.6 Å². The van der Waals surface area contributed by atoms with Crippen LogP contribution in [0, 0.1) is 11.3 Å². The molecule has 3 heterocycles. The van der Waals surface area contributed by atoms with Gasteiger partial charge < -0.3 is 15.2 Å². The molecule has 2 aromatic rings. The van der Waals surface area contributed by atoms with Crippen molar-refractivity contribution in [3.63, 3.8) is 0 Å². The van der Waals surface area contributed by atoms with Crippen molar-refractivity contribution in [2.24, 2.45) is 7.05 Å². The number of nitrogens with zero attached hydrogens (tertiary/aromatic N) is 4. The van der Waals surface area contributed by atoms with E-state index in [1.807, 2.05) is 23.8 Å². The lowest BCUT2D eigenvalue weighted by atomic mass is 9.95. The van der Waals surface area contributed by atoms with E-state index in [-0.39, 0.29) is 18.0 Å². The van der Waals surface area contributed by atoms with E-state index in [4.69, 9.17) is 5.26 Å². The fraction of sp³-hybridized carbons (Fsp3) is 0.333. The van der Waals surface area contributed by atoms with Crippen LogP contribution in [0.15, 0.2) is 30.9 Å². The lowest BCUT2D eigenvalue weighted by molar-refractivity contribution is -0.123. The highest BCUT2D eigenvalue weighted by Crippen LogP contribution is 2.26. The van der Waals surface area contributed by atoms with E-state index in [0.29, 0.717) is 18.5 Å². The number of anilines is 1. The summed E-state index contributed by atoms with van der Waals surface area (Å²) in [6, 6.07) is 5.42. The predicted octanol–water partition coefficient (Wildman–Crippen LogP) is 1.12. The van der Waals surface area contributed by atoms with Crippen molar-refractivity contribution >= 4 is 11.6 Å². The number of aromatic nitrogens is 3. The zero-order chi connectivity index (χ0) is 15.5. The molecule has 1 amide bonds. The molecule has 3 rings (SSSR count). The van der Waals surface area contributed by atoms with Gasteiger partial charge in [0.05, 0.1) is 30.3 Å². The number of amides is 1. The van der Waals surface area contributed by atoms with E-state index < -0.39 is 0 Å². The van der Waals surface area contributed by atoms with Crippen molar-refractivity contribution in [2.75, 3.05) is 5.32 Å². The summed E-state index contributed by atoms with van der Waals surface area (Å²) in [6.07, 6.45) is 6.26. The van der Waals surface area contributed by atoms with Crippen molar-refractivity contribution in [3.8, 4) is 6.07 Å². The SMILES string of the molecule is Cn1cncc1[C@@H]1NC(=O)CC[C@H]1Nc1ccnc(C#N)c1. The fourth-order valence-corrected chi connectivity index (χ4v) is 2.70. The van der Waals surface area contributed by atoms with E-state index >= 15 is 0 Å². The Morgan fingerprint density at radius 3 is 3.14 bits per heavy atom. The summed E-state index contributed by atoms with van der Waals surface area (Å²) in [5.74, 6) is 0.0386. The van der Waals surface area contributed by atoms with Crippen LogP contribution in [-0.2, 0) is 11.8 Å². The molecule has 1 fully saturated rings. The summed E-state index contributed by atoms with van der Waals surface area (Å²) in [6.45, 7) is 0. The monoisotopic (exact) mass is 296 g/mol. The normalized spacial score (nSPS) is 21.0. The summed E-state index contributed by atoms with van der Waals surface area (Å²) in [5.41, 5.74) is 2.13. The van der Waals surface area contributed by atoms with E-state index in [9.17, 15) is 4.79 Å². The van der Waals surface area contributed by atoms with E-state index in [1.165, 1.54) is 0 Å². The van der Waals surface area contributed by atoms with Gasteiger partial charge in [0, 0.05) is 25.4 Å². The quantitative estimate of drug-likeness (QED) is 0.885. The maximum Gasteiger partial charge on any atom is 0.220 e. The highest BCUT2D eigenvalue weighted by atomic mass is 16.1. The van der Waals surface area contributed by atoms with Crippen LogP contribution in [0.2, 0.25) is 0 Å². The largest absolute Gasteiger partial charge is 0.380 e. The highest BCUT2D eigenvalue weighted by Gasteiger charge is 2.31.